The number of carbonyl (C=O) groups excluding carboxylic acids is 1. The molecule has 0 aliphatic heterocycles. The molecule has 7 heteroatoms. The van der Waals surface area contributed by atoms with Gasteiger partial charge in [-0.3, -0.25) is 4.79 Å². The maximum absolute atomic E-state index is 12.7. The van der Waals surface area contributed by atoms with Crippen molar-refractivity contribution in [1.29, 1.82) is 0 Å². The van der Waals surface area contributed by atoms with E-state index in [9.17, 15) is 4.79 Å². The van der Waals surface area contributed by atoms with Gasteiger partial charge in [-0.2, -0.15) is 0 Å². The lowest BCUT2D eigenvalue weighted by atomic mass is 10.1. The Balaban J connectivity index is 1.76. The molecule has 0 saturated heterocycles. The summed E-state index contributed by atoms with van der Waals surface area (Å²) in [6.07, 6.45) is -0.483. The minimum Gasteiger partial charge on any atom is -0.497 e. The molecule has 0 aliphatic rings. The largest absolute Gasteiger partial charge is 0.497 e. The topological polar surface area (TPSA) is 69.0 Å². The molecule has 0 fully saturated rings. The molecule has 6 nitrogen and oxygen atoms in total. The number of carbonyl (C=O) groups is 1. The number of hydrogen-bond donors (Lipinski definition) is 1. The SMILES string of the molecule is COc1ccc([C@H](NC(=O)c2cccs2)n2nnc3ccccc32)cc1. The van der Waals surface area contributed by atoms with Gasteiger partial charge in [0, 0.05) is 0 Å². The summed E-state index contributed by atoms with van der Waals surface area (Å²) in [4.78, 5) is 13.3. The number of thiophene rings is 1. The van der Waals surface area contributed by atoms with Crippen molar-refractivity contribution >= 4 is 28.3 Å². The van der Waals surface area contributed by atoms with Crippen LogP contribution in [0.4, 0.5) is 0 Å². The molecule has 0 unspecified atom stereocenters. The van der Waals surface area contributed by atoms with Gasteiger partial charge in [-0.25, -0.2) is 4.68 Å². The van der Waals surface area contributed by atoms with Crippen molar-refractivity contribution in [2.75, 3.05) is 7.11 Å². The van der Waals surface area contributed by atoms with E-state index < -0.39 is 6.17 Å². The molecule has 26 heavy (non-hydrogen) atoms. The Kier molecular flexibility index (Phi) is 4.37. The molecule has 2 heterocycles. The Bertz CT molecular complexity index is 1030. The highest BCUT2D eigenvalue weighted by Crippen LogP contribution is 2.23. The van der Waals surface area contributed by atoms with Crippen molar-refractivity contribution in [2.24, 2.45) is 0 Å². The van der Waals surface area contributed by atoms with E-state index in [2.05, 4.69) is 15.6 Å². The van der Waals surface area contributed by atoms with Crippen molar-refractivity contribution in [1.82, 2.24) is 20.3 Å². The molecule has 0 spiro atoms. The third-order valence-corrected chi connectivity index (χ3v) is 4.93. The number of hydrogen-bond acceptors (Lipinski definition) is 5. The molecule has 1 atom stereocenters. The van der Waals surface area contributed by atoms with E-state index in [1.165, 1.54) is 11.3 Å². The monoisotopic (exact) mass is 364 g/mol. The van der Waals surface area contributed by atoms with Crippen LogP contribution in [0, 0.1) is 0 Å². The lowest BCUT2D eigenvalue weighted by Gasteiger charge is -2.20. The number of ether oxygens (including phenoxy) is 1. The maximum Gasteiger partial charge on any atom is 0.263 e. The van der Waals surface area contributed by atoms with Crippen LogP contribution in [0.2, 0.25) is 0 Å². The molecule has 0 radical (unpaired) electrons. The highest BCUT2D eigenvalue weighted by atomic mass is 32.1. The number of methoxy groups -OCH3 is 1. The number of nitrogens with zero attached hydrogens (tertiary/aromatic N) is 3. The van der Waals surface area contributed by atoms with Crippen molar-refractivity contribution < 1.29 is 9.53 Å². The molecule has 130 valence electrons. The number of amides is 1. The van der Waals surface area contributed by atoms with Crippen LogP contribution in [0.25, 0.3) is 11.0 Å². The predicted molar refractivity (Wildman–Crippen MR) is 100 cm³/mol. The summed E-state index contributed by atoms with van der Waals surface area (Å²) >= 11 is 1.40. The smallest absolute Gasteiger partial charge is 0.263 e. The molecule has 0 saturated carbocycles. The van der Waals surface area contributed by atoms with Gasteiger partial charge < -0.3 is 10.1 Å². The van der Waals surface area contributed by atoms with Gasteiger partial charge in [-0.1, -0.05) is 35.5 Å². The fourth-order valence-electron chi connectivity index (χ4n) is 2.75. The second-order valence-corrected chi connectivity index (χ2v) is 6.60. The Labute approximate surface area is 154 Å². The number of aromatic nitrogens is 3. The van der Waals surface area contributed by atoms with E-state index >= 15 is 0 Å². The molecular weight excluding hydrogens is 348 g/mol. The molecule has 2 aromatic heterocycles. The van der Waals surface area contributed by atoms with Crippen molar-refractivity contribution in [2.45, 2.75) is 6.17 Å². The number of benzene rings is 2. The summed E-state index contributed by atoms with van der Waals surface area (Å²) in [7, 11) is 1.62. The lowest BCUT2D eigenvalue weighted by Crippen LogP contribution is -2.33. The summed E-state index contributed by atoms with van der Waals surface area (Å²) in [5.41, 5.74) is 2.50. The average Bonchev–Trinajstić information content (AvgIpc) is 3.36. The van der Waals surface area contributed by atoms with Crippen LogP contribution in [0.1, 0.15) is 21.4 Å². The molecule has 1 amide bonds. The minimum atomic E-state index is -0.483. The van der Waals surface area contributed by atoms with E-state index in [-0.39, 0.29) is 5.91 Å². The van der Waals surface area contributed by atoms with Gasteiger partial charge in [-0.15, -0.1) is 16.4 Å². The van der Waals surface area contributed by atoms with Crippen LogP contribution < -0.4 is 10.1 Å². The zero-order valence-corrected chi connectivity index (χ0v) is 14.8. The molecular formula is C19H16N4O2S. The summed E-state index contributed by atoms with van der Waals surface area (Å²) in [6.45, 7) is 0. The summed E-state index contributed by atoms with van der Waals surface area (Å²) < 4.78 is 6.95. The second-order valence-electron chi connectivity index (χ2n) is 5.65. The second kappa shape index (κ2) is 6.97. The fourth-order valence-corrected chi connectivity index (χ4v) is 3.38. The summed E-state index contributed by atoms with van der Waals surface area (Å²) in [6, 6.07) is 18.9. The molecule has 4 aromatic rings. The Morgan fingerprint density at radius 1 is 1.12 bits per heavy atom. The van der Waals surface area contributed by atoms with E-state index in [4.69, 9.17) is 4.74 Å². The van der Waals surface area contributed by atoms with Gasteiger partial charge in [0.25, 0.3) is 5.91 Å². The zero-order valence-electron chi connectivity index (χ0n) is 14.0. The number of rotatable bonds is 5. The Morgan fingerprint density at radius 2 is 1.92 bits per heavy atom. The summed E-state index contributed by atoms with van der Waals surface area (Å²) in [5, 5.41) is 13.4. The van der Waals surface area contributed by atoms with Crippen LogP contribution >= 0.6 is 11.3 Å². The number of fused-ring (bicyclic) bond motifs is 1. The Morgan fingerprint density at radius 3 is 2.65 bits per heavy atom. The first-order chi connectivity index (χ1) is 12.8. The predicted octanol–water partition coefficient (Wildman–Crippen LogP) is 3.48. The number of nitrogens with one attached hydrogen (secondary N) is 1. The standard InChI is InChI=1S/C19H16N4O2S/c1-25-14-10-8-13(9-11-14)18(20-19(24)17-7-4-12-26-17)23-16-6-3-2-5-15(16)21-22-23/h2-12,18H,1H3,(H,20,24)/t18-/m1/s1. The van der Waals surface area contributed by atoms with Crippen LogP contribution in [-0.2, 0) is 0 Å². The highest BCUT2D eigenvalue weighted by molar-refractivity contribution is 7.12. The normalized spacial score (nSPS) is 12.0. The van der Waals surface area contributed by atoms with Gasteiger partial charge in [0.2, 0.25) is 0 Å². The van der Waals surface area contributed by atoms with Gasteiger partial charge in [-0.05, 0) is 41.3 Å². The minimum absolute atomic E-state index is 0.152. The van der Waals surface area contributed by atoms with Crippen molar-refractivity contribution in [3.8, 4) is 5.75 Å². The van der Waals surface area contributed by atoms with Crippen LogP contribution in [0.15, 0.2) is 66.0 Å². The lowest BCUT2D eigenvalue weighted by molar-refractivity contribution is 0.0932. The third-order valence-electron chi connectivity index (χ3n) is 4.07. The first kappa shape index (κ1) is 16.3. The maximum atomic E-state index is 12.7. The average molecular weight is 364 g/mol. The van der Waals surface area contributed by atoms with Gasteiger partial charge >= 0.3 is 0 Å². The van der Waals surface area contributed by atoms with Gasteiger partial charge in [0.1, 0.15) is 11.3 Å². The van der Waals surface area contributed by atoms with Crippen molar-refractivity contribution in [3.05, 3.63) is 76.5 Å². The van der Waals surface area contributed by atoms with Gasteiger partial charge in [0.05, 0.1) is 17.5 Å². The first-order valence-corrected chi connectivity index (χ1v) is 8.92. The molecule has 0 bridgehead atoms. The molecule has 0 aliphatic carbocycles. The van der Waals surface area contributed by atoms with Crippen LogP contribution in [0.3, 0.4) is 0 Å². The Hall–Kier alpha value is -3.19. The van der Waals surface area contributed by atoms with E-state index in [0.29, 0.717) is 4.88 Å². The first-order valence-electron chi connectivity index (χ1n) is 8.04. The molecule has 4 rings (SSSR count). The fraction of sp³-hybridized carbons (Fsp3) is 0.105. The third kappa shape index (κ3) is 3.04. The zero-order chi connectivity index (χ0) is 17.9. The quantitative estimate of drug-likeness (QED) is 0.589. The highest BCUT2D eigenvalue weighted by Gasteiger charge is 2.21. The number of para-hydroxylation sites is 1. The summed E-state index contributed by atoms with van der Waals surface area (Å²) in [5.74, 6) is 0.598. The van der Waals surface area contributed by atoms with Gasteiger partial charge in [0.15, 0.2) is 6.17 Å². The van der Waals surface area contributed by atoms with E-state index in [1.54, 1.807) is 17.9 Å². The molecule has 1 N–H and O–H groups in total. The van der Waals surface area contributed by atoms with E-state index in [1.807, 2.05) is 60.0 Å². The molecule has 2 aromatic carbocycles. The van der Waals surface area contributed by atoms with Crippen molar-refractivity contribution in [3.63, 3.8) is 0 Å². The van der Waals surface area contributed by atoms with Crippen LogP contribution in [0.5, 0.6) is 5.75 Å². The van der Waals surface area contributed by atoms with E-state index in [0.717, 1.165) is 22.3 Å². The van der Waals surface area contributed by atoms with Crippen LogP contribution in [-0.4, -0.2) is 28.0 Å².